The highest BCUT2D eigenvalue weighted by atomic mass is 32.2. The molecule has 0 saturated carbocycles. The molecule has 132 valence electrons. The number of rotatable bonds is 9. The Morgan fingerprint density at radius 1 is 1.25 bits per heavy atom. The summed E-state index contributed by atoms with van der Waals surface area (Å²) < 4.78 is 26.2. The molecule has 0 spiro atoms. The van der Waals surface area contributed by atoms with Crippen LogP contribution in [-0.2, 0) is 14.8 Å². The molecule has 7 nitrogen and oxygen atoms in total. The number of amides is 1. The highest BCUT2D eigenvalue weighted by Crippen LogP contribution is 2.12. The van der Waals surface area contributed by atoms with Gasteiger partial charge in [0, 0.05) is 12.1 Å². The molecular formula is C16H22N2O5S. The zero-order valence-electron chi connectivity index (χ0n) is 13.7. The van der Waals surface area contributed by atoms with Crippen molar-refractivity contribution in [3.05, 3.63) is 42.5 Å². The maximum atomic E-state index is 12.1. The van der Waals surface area contributed by atoms with Crippen LogP contribution in [0.4, 0.5) is 0 Å². The molecular weight excluding hydrogens is 332 g/mol. The predicted octanol–water partition coefficient (Wildman–Crippen LogP) is 1.38. The molecule has 8 heteroatoms. The first-order chi connectivity index (χ1) is 11.2. The smallest absolute Gasteiger partial charge is 0.326 e. The summed E-state index contributed by atoms with van der Waals surface area (Å²) in [7, 11) is -3.66. The average molecular weight is 354 g/mol. The number of sulfonamides is 1. The zero-order chi connectivity index (χ0) is 18.3. The van der Waals surface area contributed by atoms with Crippen LogP contribution in [0.1, 0.15) is 30.6 Å². The van der Waals surface area contributed by atoms with Gasteiger partial charge in [-0.2, -0.15) is 0 Å². The Hall–Kier alpha value is -2.19. The summed E-state index contributed by atoms with van der Waals surface area (Å²) in [6, 6.07) is 4.27. The summed E-state index contributed by atoms with van der Waals surface area (Å²) in [6.07, 6.45) is 1.72. The second kappa shape index (κ2) is 8.60. The van der Waals surface area contributed by atoms with Gasteiger partial charge in [0.25, 0.3) is 5.91 Å². The molecule has 0 aliphatic rings. The van der Waals surface area contributed by atoms with Crippen LogP contribution < -0.4 is 10.0 Å². The molecule has 0 aliphatic heterocycles. The van der Waals surface area contributed by atoms with Gasteiger partial charge in [-0.15, -0.1) is 6.58 Å². The van der Waals surface area contributed by atoms with Crippen LogP contribution in [0.15, 0.2) is 41.8 Å². The van der Waals surface area contributed by atoms with E-state index < -0.39 is 27.9 Å². The lowest BCUT2D eigenvalue weighted by Gasteiger charge is -2.16. The van der Waals surface area contributed by atoms with Crippen molar-refractivity contribution in [3.63, 3.8) is 0 Å². The van der Waals surface area contributed by atoms with Crippen LogP contribution in [-0.4, -0.2) is 38.0 Å². The van der Waals surface area contributed by atoms with E-state index in [4.69, 9.17) is 5.11 Å². The Kier molecular flexibility index (Phi) is 7.12. The molecule has 3 N–H and O–H groups in total. The molecule has 0 radical (unpaired) electrons. The van der Waals surface area contributed by atoms with Gasteiger partial charge in [0.05, 0.1) is 4.90 Å². The normalized spacial score (nSPS) is 12.6. The highest BCUT2D eigenvalue weighted by Gasteiger charge is 2.22. The van der Waals surface area contributed by atoms with E-state index in [1.165, 1.54) is 30.3 Å². The van der Waals surface area contributed by atoms with Gasteiger partial charge in [-0.25, -0.2) is 17.9 Å². The summed E-state index contributed by atoms with van der Waals surface area (Å²) >= 11 is 0. The van der Waals surface area contributed by atoms with E-state index in [1.54, 1.807) is 0 Å². The number of carbonyl (C=O) groups is 2. The number of nitrogens with one attached hydrogen (secondary N) is 2. The van der Waals surface area contributed by atoms with Crippen LogP contribution in [0.3, 0.4) is 0 Å². The van der Waals surface area contributed by atoms with E-state index in [1.807, 2.05) is 13.8 Å². The van der Waals surface area contributed by atoms with Gasteiger partial charge >= 0.3 is 5.97 Å². The van der Waals surface area contributed by atoms with Gasteiger partial charge in [-0.3, -0.25) is 4.79 Å². The summed E-state index contributed by atoms with van der Waals surface area (Å²) in [4.78, 5) is 23.3. The minimum Gasteiger partial charge on any atom is -0.480 e. The maximum absolute atomic E-state index is 12.1. The van der Waals surface area contributed by atoms with Crippen LogP contribution >= 0.6 is 0 Å². The molecule has 1 amide bonds. The van der Waals surface area contributed by atoms with E-state index >= 15 is 0 Å². The Bertz CT molecular complexity index is 696. The number of hydrogen-bond donors (Lipinski definition) is 3. The minimum atomic E-state index is -3.66. The van der Waals surface area contributed by atoms with E-state index in [0.29, 0.717) is 6.42 Å². The predicted molar refractivity (Wildman–Crippen MR) is 90.2 cm³/mol. The fourth-order valence-electron chi connectivity index (χ4n) is 1.97. The lowest BCUT2D eigenvalue weighted by Crippen LogP contribution is -2.41. The first-order valence-corrected chi connectivity index (χ1v) is 8.90. The maximum Gasteiger partial charge on any atom is 0.326 e. The lowest BCUT2D eigenvalue weighted by molar-refractivity contribution is -0.139. The molecule has 1 aromatic carbocycles. The number of benzene rings is 1. The monoisotopic (exact) mass is 354 g/mol. The third kappa shape index (κ3) is 5.78. The second-order valence-electron chi connectivity index (χ2n) is 5.66. The van der Waals surface area contributed by atoms with Gasteiger partial charge < -0.3 is 10.4 Å². The molecule has 1 atom stereocenters. The van der Waals surface area contributed by atoms with E-state index in [-0.39, 0.29) is 22.9 Å². The van der Waals surface area contributed by atoms with Gasteiger partial charge in [0.1, 0.15) is 6.04 Å². The van der Waals surface area contributed by atoms with Crippen molar-refractivity contribution >= 4 is 21.9 Å². The van der Waals surface area contributed by atoms with E-state index in [2.05, 4.69) is 16.6 Å². The summed E-state index contributed by atoms with van der Waals surface area (Å²) in [5, 5.41) is 11.6. The molecule has 0 bridgehead atoms. The second-order valence-corrected chi connectivity index (χ2v) is 7.43. The quantitative estimate of drug-likeness (QED) is 0.580. The third-order valence-electron chi connectivity index (χ3n) is 3.16. The molecule has 1 aromatic rings. The van der Waals surface area contributed by atoms with Gasteiger partial charge in [-0.1, -0.05) is 19.9 Å². The Morgan fingerprint density at radius 3 is 2.29 bits per heavy atom. The average Bonchev–Trinajstić information content (AvgIpc) is 2.52. The van der Waals surface area contributed by atoms with Gasteiger partial charge in [0.2, 0.25) is 10.0 Å². The number of carboxylic acids is 1. The number of hydrogen-bond acceptors (Lipinski definition) is 4. The van der Waals surface area contributed by atoms with Gasteiger partial charge in [0.15, 0.2) is 0 Å². The van der Waals surface area contributed by atoms with Crippen molar-refractivity contribution in [2.24, 2.45) is 5.92 Å². The summed E-state index contributed by atoms with van der Waals surface area (Å²) in [5.74, 6) is -1.56. The van der Waals surface area contributed by atoms with Crippen molar-refractivity contribution in [3.8, 4) is 0 Å². The Labute approximate surface area is 141 Å². The first kappa shape index (κ1) is 19.9. The topological polar surface area (TPSA) is 113 Å². The van der Waals surface area contributed by atoms with Crippen LogP contribution in [0, 0.1) is 5.92 Å². The molecule has 0 unspecified atom stereocenters. The third-order valence-corrected chi connectivity index (χ3v) is 4.59. The van der Waals surface area contributed by atoms with Crippen molar-refractivity contribution in [1.82, 2.24) is 10.0 Å². The Balaban J connectivity index is 2.86. The summed E-state index contributed by atoms with van der Waals surface area (Å²) in [5.41, 5.74) is 0.188. The van der Waals surface area contributed by atoms with Crippen molar-refractivity contribution < 1.29 is 23.1 Å². The molecule has 0 aliphatic carbocycles. The molecule has 1 rings (SSSR count). The zero-order valence-corrected chi connectivity index (χ0v) is 14.5. The van der Waals surface area contributed by atoms with E-state index in [9.17, 15) is 18.0 Å². The lowest BCUT2D eigenvalue weighted by atomic mass is 10.0. The largest absolute Gasteiger partial charge is 0.480 e. The SMILES string of the molecule is C=CCNS(=O)(=O)c1ccc(C(=O)N[C@@H](CC(C)C)C(=O)O)cc1. The molecule has 0 saturated heterocycles. The summed E-state index contributed by atoms with van der Waals surface area (Å²) in [6.45, 7) is 7.24. The first-order valence-electron chi connectivity index (χ1n) is 7.41. The van der Waals surface area contributed by atoms with Crippen molar-refractivity contribution in [1.29, 1.82) is 0 Å². The minimum absolute atomic E-state index is 0.0119. The number of carbonyl (C=O) groups excluding carboxylic acids is 1. The standard InChI is InChI=1S/C16H22N2O5S/c1-4-9-17-24(22,23)13-7-5-12(6-8-13)15(19)18-14(16(20)21)10-11(2)3/h4-8,11,14,17H,1,9-10H2,2-3H3,(H,18,19)(H,20,21)/t14-/m0/s1. The highest BCUT2D eigenvalue weighted by molar-refractivity contribution is 7.89. The van der Waals surface area contributed by atoms with Crippen LogP contribution in [0.5, 0.6) is 0 Å². The van der Waals surface area contributed by atoms with Gasteiger partial charge in [-0.05, 0) is 36.6 Å². The number of aliphatic carboxylic acids is 1. The van der Waals surface area contributed by atoms with Crippen LogP contribution in [0.2, 0.25) is 0 Å². The fraction of sp³-hybridized carbons (Fsp3) is 0.375. The molecule has 0 aromatic heterocycles. The molecule has 24 heavy (non-hydrogen) atoms. The van der Waals surface area contributed by atoms with Crippen LogP contribution in [0.25, 0.3) is 0 Å². The van der Waals surface area contributed by atoms with Crippen molar-refractivity contribution in [2.45, 2.75) is 31.2 Å². The Morgan fingerprint density at radius 2 is 1.83 bits per heavy atom. The molecule has 0 heterocycles. The van der Waals surface area contributed by atoms with Crippen molar-refractivity contribution in [2.75, 3.05) is 6.54 Å². The van der Waals surface area contributed by atoms with E-state index in [0.717, 1.165) is 0 Å². The fourth-order valence-corrected chi connectivity index (χ4v) is 2.97. The molecule has 0 fully saturated rings. The number of carboxylic acid groups (broad SMARTS) is 1.